The molecule has 4 saturated carbocycles. The fraction of sp³-hybridized carbons (Fsp3) is 0.207. The summed E-state index contributed by atoms with van der Waals surface area (Å²) in [6, 6.07) is 67.1. The molecule has 0 saturated heterocycles. The first-order valence-electron chi connectivity index (χ1n) is 22.0. The maximum absolute atomic E-state index is 2.62. The van der Waals surface area contributed by atoms with Gasteiger partial charge in [0.15, 0.2) is 0 Å². The zero-order chi connectivity index (χ0) is 38.8. The summed E-state index contributed by atoms with van der Waals surface area (Å²) in [6.45, 7) is 4.80. The van der Waals surface area contributed by atoms with E-state index in [1.54, 1.807) is 11.1 Å². The smallest absolute Gasteiger partial charge is 0.0540 e. The first-order chi connectivity index (χ1) is 29.0. The molecular formula is C58H45N. The van der Waals surface area contributed by atoms with Crippen molar-refractivity contribution in [1.29, 1.82) is 0 Å². The zero-order valence-electron chi connectivity index (χ0n) is 33.6. The first kappa shape index (κ1) is 32.7. The molecule has 0 N–H and O–H groups in total. The number of rotatable bonds is 5. The van der Waals surface area contributed by atoms with Crippen molar-refractivity contribution in [3.05, 3.63) is 198 Å². The third-order valence-corrected chi connectivity index (χ3v) is 17.0. The summed E-state index contributed by atoms with van der Waals surface area (Å²) in [4.78, 5) is 2.58. The SMILES string of the molecule is CC1(C)c2ccccc2-c2ccc(N(c3ccc4c(c3)-c3ccc(-c5ccccc5)cc3C43C4CC5CC6CC3C564)c3ccc(-c4ccccc4)c4ccccc34)cc21. The first-order valence-corrected chi connectivity index (χ1v) is 22.0. The molecule has 2 spiro atoms. The van der Waals surface area contributed by atoms with Gasteiger partial charge in [0.2, 0.25) is 0 Å². The summed E-state index contributed by atoms with van der Waals surface area (Å²) >= 11 is 0. The summed E-state index contributed by atoms with van der Waals surface area (Å²) in [5, 5.41) is 2.53. The maximum Gasteiger partial charge on any atom is 0.0540 e. The molecule has 0 aliphatic heterocycles. The Hall–Kier alpha value is -6.18. The van der Waals surface area contributed by atoms with E-state index in [4.69, 9.17) is 0 Å². The fourth-order valence-electron chi connectivity index (χ4n) is 14.6. The average molecular weight is 756 g/mol. The third-order valence-electron chi connectivity index (χ3n) is 17.0. The second-order valence-corrected chi connectivity index (χ2v) is 19.2. The van der Waals surface area contributed by atoms with Crippen LogP contribution in [0, 0.1) is 29.1 Å². The molecule has 6 aliphatic rings. The molecule has 0 bridgehead atoms. The molecule has 4 unspecified atom stereocenters. The molecule has 1 heteroatoms. The van der Waals surface area contributed by atoms with Crippen molar-refractivity contribution in [2.75, 3.05) is 4.90 Å². The molecule has 14 rings (SSSR count). The van der Waals surface area contributed by atoms with E-state index in [0.717, 1.165) is 23.7 Å². The lowest BCUT2D eigenvalue weighted by Gasteiger charge is -2.92. The molecular weight excluding hydrogens is 711 g/mol. The minimum Gasteiger partial charge on any atom is -0.310 e. The van der Waals surface area contributed by atoms with Gasteiger partial charge in [-0.1, -0.05) is 153 Å². The monoisotopic (exact) mass is 755 g/mol. The summed E-state index contributed by atoms with van der Waals surface area (Å²) in [7, 11) is 0. The van der Waals surface area contributed by atoms with Gasteiger partial charge in [-0.2, -0.15) is 0 Å². The Labute approximate surface area is 347 Å². The van der Waals surface area contributed by atoms with E-state index in [-0.39, 0.29) is 10.8 Å². The fourth-order valence-corrected chi connectivity index (χ4v) is 14.6. The highest BCUT2D eigenvalue weighted by atomic mass is 15.1. The van der Waals surface area contributed by atoms with Crippen LogP contribution in [0.2, 0.25) is 0 Å². The molecule has 282 valence electrons. The minimum atomic E-state index is -0.102. The van der Waals surface area contributed by atoms with Crippen LogP contribution in [0.15, 0.2) is 176 Å². The molecule has 59 heavy (non-hydrogen) atoms. The van der Waals surface area contributed by atoms with E-state index >= 15 is 0 Å². The van der Waals surface area contributed by atoms with E-state index in [2.05, 4.69) is 195 Å². The van der Waals surface area contributed by atoms with E-state index in [1.165, 1.54) is 103 Å². The highest BCUT2D eigenvalue weighted by Gasteiger charge is 2.90. The number of benzene rings is 8. The van der Waals surface area contributed by atoms with Gasteiger partial charge in [0.05, 0.1) is 5.69 Å². The van der Waals surface area contributed by atoms with E-state index in [9.17, 15) is 0 Å². The van der Waals surface area contributed by atoms with Crippen LogP contribution >= 0.6 is 0 Å². The van der Waals surface area contributed by atoms with E-state index < -0.39 is 0 Å². The van der Waals surface area contributed by atoms with Gasteiger partial charge in [0, 0.05) is 27.6 Å². The standard InChI is InChI=1S/C58H45N/c1-56(2)49-20-12-11-18-44(49)45-25-22-41(34-51(45)56)59(53-28-26-42(36-15-7-4-8-16-36)43-17-9-10-19-47(43)53)40-23-27-50-48(33-40)46-24-21-37(35-13-5-3-6-14-35)29-52(46)58(50)54-31-38-30-39-32-55(58)57(38,39)54/h3-29,33-34,38-39,54-55H,30-32H2,1-2H3. The Kier molecular flexibility index (Phi) is 6.16. The van der Waals surface area contributed by atoms with Gasteiger partial charge in [-0.15, -0.1) is 0 Å². The molecule has 4 atom stereocenters. The summed E-state index contributed by atoms with van der Waals surface area (Å²) < 4.78 is 0. The predicted octanol–water partition coefficient (Wildman–Crippen LogP) is 14.9. The topological polar surface area (TPSA) is 3.24 Å². The predicted molar refractivity (Wildman–Crippen MR) is 244 cm³/mol. The van der Waals surface area contributed by atoms with Crippen LogP contribution in [-0.2, 0) is 10.8 Å². The van der Waals surface area contributed by atoms with Crippen LogP contribution in [0.1, 0.15) is 55.4 Å². The van der Waals surface area contributed by atoms with Gasteiger partial charge in [-0.05, 0) is 157 Å². The Morgan fingerprint density at radius 2 is 1.02 bits per heavy atom. The van der Waals surface area contributed by atoms with Crippen LogP contribution in [-0.4, -0.2) is 0 Å². The van der Waals surface area contributed by atoms with Gasteiger partial charge in [-0.25, -0.2) is 0 Å². The highest BCUT2D eigenvalue weighted by Crippen LogP contribution is 2.95. The van der Waals surface area contributed by atoms with Crippen LogP contribution in [0.3, 0.4) is 0 Å². The molecule has 1 nitrogen and oxygen atoms in total. The normalized spacial score (nSPS) is 26.2. The number of nitrogens with zero attached hydrogens (tertiary/aromatic N) is 1. The van der Waals surface area contributed by atoms with Crippen LogP contribution in [0.25, 0.3) is 55.3 Å². The summed E-state index contributed by atoms with van der Waals surface area (Å²) in [6.07, 6.45) is 4.30. The van der Waals surface area contributed by atoms with Crippen molar-refractivity contribution in [2.45, 2.75) is 43.9 Å². The second-order valence-electron chi connectivity index (χ2n) is 19.2. The minimum absolute atomic E-state index is 0.102. The number of hydrogen-bond donors (Lipinski definition) is 0. The molecule has 4 fully saturated rings. The Morgan fingerprint density at radius 3 is 1.80 bits per heavy atom. The van der Waals surface area contributed by atoms with Crippen LogP contribution in [0.5, 0.6) is 0 Å². The number of hydrogen-bond acceptors (Lipinski definition) is 1. The Bertz CT molecular complexity index is 3080. The van der Waals surface area contributed by atoms with E-state index in [1.807, 2.05) is 0 Å². The van der Waals surface area contributed by atoms with Crippen molar-refractivity contribution in [2.24, 2.45) is 29.1 Å². The van der Waals surface area contributed by atoms with Crippen molar-refractivity contribution < 1.29 is 0 Å². The quantitative estimate of drug-likeness (QED) is 0.169. The lowest BCUT2D eigenvalue weighted by Crippen LogP contribution is -2.88. The molecule has 8 aromatic carbocycles. The average Bonchev–Trinajstić information content (AvgIpc) is 3.68. The van der Waals surface area contributed by atoms with Crippen molar-refractivity contribution in [3.63, 3.8) is 0 Å². The molecule has 0 heterocycles. The van der Waals surface area contributed by atoms with Gasteiger partial charge in [0.25, 0.3) is 0 Å². The van der Waals surface area contributed by atoms with Crippen molar-refractivity contribution in [3.8, 4) is 44.5 Å². The van der Waals surface area contributed by atoms with Crippen LogP contribution in [0.4, 0.5) is 17.1 Å². The molecule has 0 radical (unpaired) electrons. The summed E-state index contributed by atoms with van der Waals surface area (Å²) in [5.74, 6) is 3.51. The molecule has 0 aromatic heterocycles. The van der Waals surface area contributed by atoms with Gasteiger partial charge in [0.1, 0.15) is 0 Å². The third kappa shape index (κ3) is 3.81. The largest absolute Gasteiger partial charge is 0.310 e. The van der Waals surface area contributed by atoms with Gasteiger partial charge >= 0.3 is 0 Å². The van der Waals surface area contributed by atoms with E-state index in [0.29, 0.717) is 5.41 Å². The molecule has 6 aliphatic carbocycles. The zero-order valence-corrected chi connectivity index (χ0v) is 33.6. The Balaban J connectivity index is 0.994. The van der Waals surface area contributed by atoms with Crippen LogP contribution < -0.4 is 4.90 Å². The highest BCUT2D eigenvalue weighted by molar-refractivity contribution is 6.06. The summed E-state index contributed by atoms with van der Waals surface area (Å²) in [5.41, 5.74) is 21.1. The number of anilines is 3. The Morgan fingerprint density at radius 1 is 0.407 bits per heavy atom. The van der Waals surface area contributed by atoms with Crippen molar-refractivity contribution in [1.82, 2.24) is 0 Å². The van der Waals surface area contributed by atoms with Gasteiger partial charge in [-0.3, -0.25) is 0 Å². The van der Waals surface area contributed by atoms with Gasteiger partial charge < -0.3 is 4.90 Å². The molecule has 8 aromatic rings. The maximum atomic E-state index is 2.62. The lowest BCUT2D eigenvalue weighted by atomic mass is 9.11. The second kappa shape index (κ2) is 11.1. The molecule has 0 amide bonds. The number of fused-ring (bicyclic) bond motifs is 11. The van der Waals surface area contributed by atoms with Crippen molar-refractivity contribution >= 4 is 27.8 Å². The lowest BCUT2D eigenvalue weighted by molar-refractivity contribution is -0.412.